The SMILES string of the molecule is CC(CCO)CC(c1ccccc1)(c1ccc(C(O)C2(C)CC2CC2CC3CC3(C)C2(C)C)cc1)C1(O)CCCCO1. The van der Waals surface area contributed by atoms with Crippen molar-refractivity contribution in [2.24, 2.45) is 39.9 Å². The van der Waals surface area contributed by atoms with Gasteiger partial charge in [-0.2, -0.15) is 0 Å². The molecule has 9 unspecified atom stereocenters. The highest BCUT2D eigenvalue weighted by Crippen LogP contribution is 2.76. The molecule has 0 radical (unpaired) electrons. The Morgan fingerprint density at radius 1 is 0.929 bits per heavy atom. The summed E-state index contributed by atoms with van der Waals surface area (Å²) in [6.45, 7) is 12.6. The number of aliphatic hydroxyl groups is 3. The highest BCUT2D eigenvalue weighted by molar-refractivity contribution is 5.44. The molecule has 1 aliphatic heterocycles. The summed E-state index contributed by atoms with van der Waals surface area (Å²) in [5.74, 6) is 1.06. The average Bonchev–Trinajstić information content (AvgIpc) is 3.84. The largest absolute Gasteiger partial charge is 0.396 e. The molecule has 2 aromatic rings. The minimum atomic E-state index is -1.35. The first-order valence-electron chi connectivity index (χ1n) is 16.7. The van der Waals surface area contributed by atoms with E-state index in [0.717, 1.165) is 47.8 Å². The summed E-state index contributed by atoms with van der Waals surface area (Å²) in [5.41, 5.74) is 3.06. The highest BCUT2D eigenvalue weighted by atomic mass is 16.6. The summed E-state index contributed by atoms with van der Waals surface area (Å²) in [4.78, 5) is 0. The fraction of sp³-hybridized carbons (Fsp3) is 0.684. The van der Waals surface area contributed by atoms with Crippen LogP contribution in [0.4, 0.5) is 0 Å². The molecule has 1 saturated heterocycles. The first kappa shape index (κ1) is 30.3. The predicted molar refractivity (Wildman–Crippen MR) is 168 cm³/mol. The fourth-order valence-electron chi connectivity index (χ4n) is 9.61. The second-order valence-corrected chi connectivity index (χ2v) is 15.8. The van der Waals surface area contributed by atoms with Crippen molar-refractivity contribution in [2.45, 2.75) is 110 Å². The maximum Gasteiger partial charge on any atom is 0.179 e. The highest BCUT2D eigenvalue weighted by Gasteiger charge is 2.68. The van der Waals surface area contributed by atoms with Gasteiger partial charge in [0, 0.05) is 18.4 Å². The predicted octanol–water partition coefficient (Wildman–Crippen LogP) is 7.79. The number of hydrogen-bond donors (Lipinski definition) is 3. The van der Waals surface area contributed by atoms with Crippen molar-refractivity contribution >= 4 is 0 Å². The van der Waals surface area contributed by atoms with Gasteiger partial charge >= 0.3 is 0 Å². The molecular formula is C38H54O4. The van der Waals surface area contributed by atoms with Gasteiger partial charge in [-0.15, -0.1) is 0 Å². The van der Waals surface area contributed by atoms with Gasteiger partial charge in [0.15, 0.2) is 5.79 Å². The van der Waals surface area contributed by atoms with Crippen LogP contribution in [0, 0.1) is 39.9 Å². The molecule has 6 rings (SSSR count). The third kappa shape index (κ3) is 4.71. The maximum atomic E-state index is 12.3. The van der Waals surface area contributed by atoms with Crippen molar-refractivity contribution in [2.75, 3.05) is 13.2 Å². The first-order chi connectivity index (χ1) is 19.9. The molecule has 4 fully saturated rings. The second-order valence-electron chi connectivity index (χ2n) is 15.8. The summed E-state index contributed by atoms with van der Waals surface area (Å²) in [5, 5.41) is 33.8. The van der Waals surface area contributed by atoms with E-state index in [2.05, 4.69) is 71.0 Å². The molecule has 0 spiro atoms. The second kappa shape index (κ2) is 10.7. The van der Waals surface area contributed by atoms with Crippen LogP contribution in [0.25, 0.3) is 0 Å². The van der Waals surface area contributed by atoms with Crippen LogP contribution in [0.2, 0.25) is 0 Å². The molecule has 0 aromatic heterocycles. The zero-order chi connectivity index (χ0) is 30.0. The maximum absolute atomic E-state index is 12.3. The summed E-state index contributed by atoms with van der Waals surface area (Å²) in [6.07, 6.45) is 8.33. The van der Waals surface area contributed by atoms with Crippen molar-refractivity contribution in [1.82, 2.24) is 0 Å². The molecule has 3 saturated carbocycles. The van der Waals surface area contributed by atoms with Crippen molar-refractivity contribution in [3.8, 4) is 0 Å². The van der Waals surface area contributed by atoms with Crippen LogP contribution in [-0.4, -0.2) is 34.3 Å². The molecule has 1 heterocycles. The average molecular weight is 575 g/mol. The lowest BCUT2D eigenvalue weighted by molar-refractivity contribution is -0.262. The first-order valence-corrected chi connectivity index (χ1v) is 16.7. The van der Waals surface area contributed by atoms with Gasteiger partial charge in [0.2, 0.25) is 0 Å². The lowest BCUT2D eigenvalue weighted by Crippen LogP contribution is -2.56. The normalized spacial score (nSPS) is 37.9. The Bertz CT molecular complexity index is 1230. The van der Waals surface area contributed by atoms with E-state index in [1.165, 1.54) is 19.3 Å². The minimum absolute atomic E-state index is 0.0812. The number of ether oxygens (including phenoxy) is 1. The van der Waals surface area contributed by atoms with Crippen LogP contribution in [-0.2, 0) is 10.2 Å². The van der Waals surface area contributed by atoms with Gasteiger partial charge in [0.05, 0.1) is 18.1 Å². The molecule has 4 heteroatoms. The lowest BCUT2D eigenvalue weighted by Gasteiger charge is -2.50. The summed E-state index contributed by atoms with van der Waals surface area (Å²) >= 11 is 0. The van der Waals surface area contributed by atoms with Crippen LogP contribution in [0.1, 0.15) is 115 Å². The summed E-state index contributed by atoms with van der Waals surface area (Å²) < 4.78 is 6.32. The van der Waals surface area contributed by atoms with Crippen molar-refractivity contribution < 1.29 is 20.1 Å². The number of aliphatic hydroxyl groups excluding tert-OH is 2. The summed E-state index contributed by atoms with van der Waals surface area (Å²) in [6, 6.07) is 18.7. The van der Waals surface area contributed by atoms with Crippen LogP contribution in [0.5, 0.6) is 0 Å². The molecule has 2 aromatic carbocycles. The monoisotopic (exact) mass is 574 g/mol. The third-order valence-electron chi connectivity index (χ3n) is 13.3. The molecule has 3 aliphatic carbocycles. The number of rotatable bonds is 11. The Balaban J connectivity index is 1.28. The topological polar surface area (TPSA) is 69.9 Å². The molecule has 4 nitrogen and oxygen atoms in total. The van der Waals surface area contributed by atoms with Gasteiger partial charge in [-0.25, -0.2) is 0 Å². The van der Waals surface area contributed by atoms with E-state index in [-0.39, 0.29) is 17.9 Å². The van der Waals surface area contributed by atoms with Crippen molar-refractivity contribution in [3.05, 3.63) is 71.3 Å². The zero-order valence-electron chi connectivity index (χ0n) is 26.6. The molecule has 3 N–H and O–H groups in total. The minimum Gasteiger partial charge on any atom is -0.396 e. The quantitative estimate of drug-likeness (QED) is 0.256. The van der Waals surface area contributed by atoms with Crippen LogP contribution < -0.4 is 0 Å². The standard InChI is InChI=1S/C38H54O4/c1-26(17-19-39)23-37(28-11-7-6-8-12-28,38(41)18-9-10-20-42-38)29-15-13-27(14-16-29)33(40)35(4)24-31(35)21-30-22-32-25-36(32,5)34(30,2)3/h6-8,11-16,26,30-33,39-41H,9-10,17-25H2,1-5H3. The molecule has 230 valence electrons. The molecule has 9 atom stereocenters. The van der Waals surface area contributed by atoms with Gasteiger partial charge in [0.1, 0.15) is 0 Å². The van der Waals surface area contributed by atoms with E-state index in [4.69, 9.17) is 4.74 Å². The molecule has 0 amide bonds. The Hall–Kier alpha value is -1.72. The Morgan fingerprint density at radius 3 is 2.21 bits per heavy atom. The van der Waals surface area contributed by atoms with E-state index < -0.39 is 17.3 Å². The number of hydrogen-bond acceptors (Lipinski definition) is 4. The molecule has 4 aliphatic rings. The van der Waals surface area contributed by atoms with Crippen LogP contribution in [0.15, 0.2) is 54.6 Å². The molecule has 0 bridgehead atoms. The van der Waals surface area contributed by atoms with E-state index in [1.807, 2.05) is 18.2 Å². The van der Waals surface area contributed by atoms with Crippen molar-refractivity contribution in [3.63, 3.8) is 0 Å². The van der Waals surface area contributed by atoms with Crippen molar-refractivity contribution in [1.29, 1.82) is 0 Å². The van der Waals surface area contributed by atoms with E-state index in [0.29, 0.717) is 42.6 Å². The Kier molecular flexibility index (Phi) is 7.74. The van der Waals surface area contributed by atoms with Crippen LogP contribution >= 0.6 is 0 Å². The molecular weight excluding hydrogens is 520 g/mol. The Labute approximate surface area is 253 Å². The van der Waals surface area contributed by atoms with Gasteiger partial charge in [-0.1, -0.05) is 89.2 Å². The van der Waals surface area contributed by atoms with Gasteiger partial charge < -0.3 is 20.1 Å². The number of benzene rings is 2. The van der Waals surface area contributed by atoms with E-state index >= 15 is 0 Å². The fourth-order valence-corrected chi connectivity index (χ4v) is 9.61. The third-order valence-corrected chi connectivity index (χ3v) is 13.3. The van der Waals surface area contributed by atoms with E-state index in [1.54, 1.807) is 0 Å². The van der Waals surface area contributed by atoms with Gasteiger partial charge in [0.25, 0.3) is 0 Å². The lowest BCUT2D eigenvalue weighted by atomic mass is 9.62. The molecule has 42 heavy (non-hydrogen) atoms. The Morgan fingerprint density at radius 2 is 1.62 bits per heavy atom. The van der Waals surface area contributed by atoms with E-state index in [9.17, 15) is 15.3 Å². The van der Waals surface area contributed by atoms with Gasteiger partial charge in [-0.05, 0) is 103 Å². The van der Waals surface area contributed by atoms with Gasteiger partial charge in [-0.3, -0.25) is 0 Å². The summed E-state index contributed by atoms with van der Waals surface area (Å²) in [7, 11) is 0. The smallest absolute Gasteiger partial charge is 0.179 e. The zero-order valence-corrected chi connectivity index (χ0v) is 26.6. The van der Waals surface area contributed by atoms with Crippen LogP contribution in [0.3, 0.4) is 0 Å². The number of fused-ring (bicyclic) bond motifs is 1.